The van der Waals surface area contributed by atoms with E-state index in [1.165, 1.54) is 6.07 Å². The molecule has 1 N–H and O–H groups in total. The monoisotopic (exact) mass is 342 g/mol. The van der Waals surface area contributed by atoms with Gasteiger partial charge in [-0.15, -0.1) is 0 Å². The second-order valence-electron chi connectivity index (χ2n) is 5.83. The minimum atomic E-state index is -0.485. The summed E-state index contributed by atoms with van der Waals surface area (Å²) in [7, 11) is 0. The van der Waals surface area contributed by atoms with Crippen LogP contribution >= 0.6 is 0 Å². The van der Waals surface area contributed by atoms with Gasteiger partial charge in [-0.2, -0.15) is 0 Å². The highest BCUT2D eigenvalue weighted by atomic mass is 16.6. The number of carbonyl (C=O) groups is 1. The Morgan fingerprint density at radius 2 is 1.92 bits per heavy atom. The molecule has 0 spiro atoms. The standard InChI is InChI=1S/C18H18N2O5/c1-12(17-11-24-15-8-4-5-9-16(15)25-17)19-18(21)10-13-6-2-3-7-14(13)20(22)23/h2-9,12,17H,10-11H2,1H3,(H,19,21). The van der Waals surface area contributed by atoms with Crippen LogP contribution in [0.15, 0.2) is 48.5 Å². The number of nitrogens with one attached hydrogen (secondary N) is 1. The van der Waals surface area contributed by atoms with Crippen molar-refractivity contribution in [2.45, 2.75) is 25.5 Å². The first kappa shape index (κ1) is 16.8. The molecule has 2 unspecified atom stereocenters. The van der Waals surface area contributed by atoms with Crippen LogP contribution in [-0.2, 0) is 11.2 Å². The molecule has 0 saturated heterocycles. The number of hydrogen-bond acceptors (Lipinski definition) is 5. The van der Waals surface area contributed by atoms with Crippen LogP contribution in [0.25, 0.3) is 0 Å². The van der Waals surface area contributed by atoms with Crippen LogP contribution in [0.1, 0.15) is 12.5 Å². The maximum atomic E-state index is 12.3. The van der Waals surface area contributed by atoms with Gasteiger partial charge >= 0.3 is 0 Å². The summed E-state index contributed by atoms with van der Waals surface area (Å²) in [5.74, 6) is 1.01. The van der Waals surface area contributed by atoms with Gasteiger partial charge in [-0.3, -0.25) is 14.9 Å². The smallest absolute Gasteiger partial charge is 0.273 e. The lowest BCUT2D eigenvalue weighted by atomic mass is 10.1. The fourth-order valence-electron chi connectivity index (χ4n) is 2.69. The molecular weight excluding hydrogens is 324 g/mol. The van der Waals surface area contributed by atoms with Gasteiger partial charge in [0.1, 0.15) is 6.61 Å². The first-order chi connectivity index (χ1) is 12.0. The predicted octanol–water partition coefficient (Wildman–Crippen LogP) is 2.48. The van der Waals surface area contributed by atoms with Crippen molar-refractivity contribution in [3.8, 4) is 11.5 Å². The fraction of sp³-hybridized carbons (Fsp3) is 0.278. The Labute approximate surface area is 144 Å². The average molecular weight is 342 g/mol. The van der Waals surface area contributed by atoms with E-state index in [0.29, 0.717) is 23.7 Å². The number of carbonyl (C=O) groups excluding carboxylic acids is 1. The third kappa shape index (κ3) is 3.88. The van der Waals surface area contributed by atoms with Crippen molar-refractivity contribution in [1.82, 2.24) is 5.32 Å². The van der Waals surface area contributed by atoms with Crippen molar-refractivity contribution in [3.05, 3.63) is 64.2 Å². The van der Waals surface area contributed by atoms with Crippen LogP contribution in [0, 0.1) is 10.1 Å². The largest absolute Gasteiger partial charge is 0.486 e. The van der Waals surface area contributed by atoms with Crippen LogP contribution in [0.2, 0.25) is 0 Å². The van der Waals surface area contributed by atoms with E-state index >= 15 is 0 Å². The van der Waals surface area contributed by atoms with E-state index in [2.05, 4.69) is 5.32 Å². The Kier molecular flexibility index (Phi) is 4.83. The van der Waals surface area contributed by atoms with Crippen molar-refractivity contribution in [2.24, 2.45) is 0 Å². The van der Waals surface area contributed by atoms with Crippen molar-refractivity contribution >= 4 is 11.6 Å². The van der Waals surface area contributed by atoms with Crippen LogP contribution in [-0.4, -0.2) is 29.6 Å². The quantitative estimate of drug-likeness (QED) is 0.666. The number of rotatable bonds is 5. The molecule has 1 heterocycles. The number of benzene rings is 2. The number of amides is 1. The fourth-order valence-corrected chi connectivity index (χ4v) is 2.69. The van der Waals surface area contributed by atoms with E-state index in [4.69, 9.17) is 9.47 Å². The summed E-state index contributed by atoms with van der Waals surface area (Å²) in [6.07, 6.45) is -0.393. The highest BCUT2D eigenvalue weighted by molar-refractivity contribution is 5.80. The summed E-state index contributed by atoms with van der Waals surface area (Å²) in [5, 5.41) is 13.9. The number of nitro groups is 1. The van der Waals surface area contributed by atoms with Gasteiger partial charge in [0.15, 0.2) is 17.6 Å². The van der Waals surface area contributed by atoms with Crippen LogP contribution in [0.3, 0.4) is 0 Å². The molecule has 3 rings (SSSR count). The molecule has 0 radical (unpaired) electrons. The van der Waals surface area contributed by atoms with E-state index in [1.807, 2.05) is 31.2 Å². The average Bonchev–Trinajstić information content (AvgIpc) is 2.61. The Morgan fingerprint density at radius 3 is 2.68 bits per heavy atom. The van der Waals surface area contributed by atoms with Crippen molar-refractivity contribution in [2.75, 3.05) is 6.61 Å². The van der Waals surface area contributed by atoms with Crippen LogP contribution < -0.4 is 14.8 Å². The zero-order chi connectivity index (χ0) is 17.8. The molecule has 2 aromatic carbocycles. The van der Waals surface area contributed by atoms with Gasteiger partial charge in [0, 0.05) is 11.6 Å². The second kappa shape index (κ2) is 7.21. The first-order valence-electron chi connectivity index (χ1n) is 7.94. The summed E-state index contributed by atoms with van der Waals surface area (Å²) in [6, 6.07) is 13.3. The number of fused-ring (bicyclic) bond motifs is 1. The lowest BCUT2D eigenvalue weighted by Gasteiger charge is -2.30. The maximum absolute atomic E-state index is 12.3. The molecule has 0 fully saturated rings. The molecule has 25 heavy (non-hydrogen) atoms. The molecular formula is C18H18N2O5. The van der Waals surface area contributed by atoms with Gasteiger partial charge in [-0.25, -0.2) is 0 Å². The summed E-state index contributed by atoms with van der Waals surface area (Å²) in [6.45, 7) is 2.14. The first-order valence-corrected chi connectivity index (χ1v) is 7.94. The number of nitro benzene ring substituents is 1. The zero-order valence-corrected chi connectivity index (χ0v) is 13.7. The van der Waals surface area contributed by atoms with Gasteiger partial charge in [0.05, 0.1) is 17.4 Å². The minimum Gasteiger partial charge on any atom is -0.486 e. The van der Waals surface area contributed by atoms with E-state index in [-0.39, 0.29) is 30.2 Å². The van der Waals surface area contributed by atoms with Gasteiger partial charge in [0.25, 0.3) is 5.69 Å². The molecule has 2 atom stereocenters. The third-order valence-corrected chi connectivity index (χ3v) is 4.02. The Balaban J connectivity index is 1.61. The normalized spacial score (nSPS) is 16.8. The number of nitrogens with zero attached hydrogens (tertiary/aromatic N) is 1. The van der Waals surface area contributed by atoms with Gasteiger partial charge in [0.2, 0.25) is 5.91 Å². The van der Waals surface area contributed by atoms with Crippen LogP contribution in [0.5, 0.6) is 11.5 Å². The molecule has 7 heteroatoms. The van der Waals surface area contributed by atoms with E-state index in [9.17, 15) is 14.9 Å². The Bertz CT molecular complexity index is 793. The third-order valence-electron chi connectivity index (χ3n) is 4.02. The lowest BCUT2D eigenvalue weighted by molar-refractivity contribution is -0.385. The Morgan fingerprint density at radius 1 is 1.24 bits per heavy atom. The molecule has 1 aliphatic heterocycles. The van der Waals surface area contributed by atoms with Gasteiger partial charge < -0.3 is 14.8 Å². The molecule has 0 saturated carbocycles. The minimum absolute atomic E-state index is 0.0588. The summed E-state index contributed by atoms with van der Waals surface area (Å²) < 4.78 is 11.5. The number of para-hydroxylation sites is 3. The van der Waals surface area contributed by atoms with E-state index < -0.39 is 4.92 Å². The zero-order valence-electron chi connectivity index (χ0n) is 13.7. The Hall–Kier alpha value is -3.09. The van der Waals surface area contributed by atoms with Crippen molar-refractivity contribution in [1.29, 1.82) is 0 Å². The molecule has 0 aliphatic carbocycles. The summed E-state index contributed by atoms with van der Waals surface area (Å²) >= 11 is 0. The topological polar surface area (TPSA) is 90.7 Å². The summed E-state index contributed by atoms with van der Waals surface area (Å²) in [5.41, 5.74) is 0.319. The lowest BCUT2D eigenvalue weighted by Crippen LogP contribution is -2.48. The van der Waals surface area contributed by atoms with Gasteiger partial charge in [-0.1, -0.05) is 30.3 Å². The SMILES string of the molecule is CC(NC(=O)Cc1ccccc1[N+](=O)[O-])C1COc2ccccc2O1. The summed E-state index contributed by atoms with van der Waals surface area (Å²) in [4.78, 5) is 22.8. The molecule has 1 aliphatic rings. The van der Waals surface area contributed by atoms with E-state index in [1.54, 1.807) is 18.2 Å². The van der Waals surface area contributed by atoms with E-state index in [0.717, 1.165) is 0 Å². The highest BCUT2D eigenvalue weighted by Crippen LogP contribution is 2.31. The molecule has 7 nitrogen and oxygen atoms in total. The molecule has 2 aromatic rings. The predicted molar refractivity (Wildman–Crippen MR) is 90.8 cm³/mol. The van der Waals surface area contributed by atoms with Gasteiger partial charge in [-0.05, 0) is 19.1 Å². The second-order valence-corrected chi connectivity index (χ2v) is 5.83. The number of ether oxygens (including phenoxy) is 2. The molecule has 0 aromatic heterocycles. The van der Waals surface area contributed by atoms with Crippen molar-refractivity contribution in [3.63, 3.8) is 0 Å². The number of hydrogen-bond donors (Lipinski definition) is 1. The van der Waals surface area contributed by atoms with Crippen LogP contribution in [0.4, 0.5) is 5.69 Å². The molecule has 0 bridgehead atoms. The maximum Gasteiger partial charge on any atom is 0.273 e. The highest BCUT2D eigenvalue weighted by Gasteiger charge is 2.27. The molecule has 1 amide bonds. The van der Waals surface area contributed by atoms with Crippen molar-refractivity contribution < 1.29 is 19.2 Å². The molecule has 130 valence electrons.